The smallest absolute Gasteiger partial charge is 0.125 e. The van der Waals surface area contributed by atoms with Crippen molar-refractivity contribution in [3.05, 3.63) is 66.6 Å². The van der Waals surface area contributed by atoms with Crippen LogP contribution in [0.25, 0.3) is 0 Å². The topological polar surface area (TPSA) is 288 Å². The number of hydrogen-bond donors (Lipinski definition) is 0. The third-order valence-electron chi connectivity index (χ3n) is 12.5. The van der Waals surface area contributed by atoms with Crippen LogP contribution in [0.1, 0.15) is 22.8 Å². The fourth-order valence-electron chi connectivity index (χ4n) is 7.56. The molecule has 3 rings (SSSR count). The van der Waals surface area contributed by atoms with Crippen LogP contribution in [0.4, 0.5) is 0 Å². The highest BCUT2D eigenvalue weighted by Crippen LogP contribution is 2.19. The Morgan fingerprint density at radius 3 is 0.500 bits per heavy atom. The molecule has 0 aromatic carbocycles. The molecule has 0 aliphatic rings. The second-order valence-electron chi connectivity index (χ2n) is 20.5. The van der Waals surface area contributed by atoms with E-state index in [0.717, 1.165) is 0 Å². The van der Waals surface area contributed by atoms with E-state index in [1.54, 1.807) is 45.6 Å². The minimum atomic E-state index is 0.244. The van der Waals surface area contributed by atoms with Crippen LogP contribution < -0.4 is 14.2 Å². The zero-order valence-electron chi connectivity index (χ0n) is 60.0. The van der Waals surface area contributed by atoms with Gasteiger partial charge in [0.15, 0.2) is 0 Å². The quantitative estimate of drug-likeness (QED) is 0.0329. The molecule has 0 amide bonds. The Hall–Kier alpha value is -3.53. The summed E-state index contributed by atoms with van der Waals surface area (Å²) in [7, 11) is 4.92. The monoisotopic (exact) mass is 1680 g/mol. The first-order chi connectivity index (χ1) is 50.5. The van der Waals surface area contributed by atoms with Gasteiger partial charge in [-0.3, -0.25) is 0 Å². The van der Waals surface area contributed by atoms with Gasteiger partial charge in [-0.15, -0.1) is 0 Å². The SMILES string of the molecule is COCCOCCOCCOCCOCCOCCOCCOCCOc1cc(I)nc(C#Cc2cc(OCCOCCOCCOCCOCCOCCOCCOCCOC)cc(C#Cc3cc(OCCOCCOCCOCCOCCOCCOCCOCCOC)cc(I)n3)n2)c1. The van der Waals surface area contributed by atoms with Crippen molar-refractivity contribution in [1.82, 2.24) is 15.0 Å². The highest BCUT2D eigenvalue weighted by Gasteiger charge is 2.08. The molecule has 0 aliphatic carbocycles. The van der Waals surface area contributed by atoms with E-state index in [4.69, 9.17) is 133 Å². The van der Waals surface area contributed by atoms with Crippen molar-refractivity contribution in [2.45, 2.75) is 0 Å². The fraction of sp³-hybridized carbons (Fsp3) is 0.729. The Morgan fingerprint density at radius 2 is 0.333 bits per heavy atom. The van der Waals surface area contributed by atoms with Gasteiger partial charge in [0, 0.05) is 57.7 Å². The third-order valence-corrected chi connectivity index (χ3v) is 13.6. The summed E-state index contributed by atoms with van der Waals surface area (Å²) in [5, 5.41) is 0. The van der Waals surface area contributed by atoms with Crippen LogP contribution in [0, 0.1) is 31.1 Å². The van der Waals surface area contributed by atoms with Gasteiger partial charge in [0.1, 0.15) is 67.2 Å². The molecule has 3 aromatic heterocycles. The summed E-state index contributed by atoms with van der Waals surface area (Å²) >= 11 is 4.26. The normalized spacial score (nSPS) is 11.3. The molecule has 3 heterocycles. The Bertz CT molecular complexity index is 2370. The van der Waals surface area contributed by atoms with Crippen molar-refractivity contribution < 1.29 is 128 Å². The first-order valence-electron chi connectivity index (χ1n) is 34.4. The number of halogens is 2. The van der Waals surface area contributed by atoms with Gasteiger partial charge in [-0.05, 0) is 68.9 Å². The molecule has 0 N–H and O–H groups in total. The van der Waals surface area contributed by atoms with Gasteiger partial charge < -0.3 is 128 Å². The van der Waals surface area contributed by atoms with E-state index in [0.29, 0.717) is 358 Å². The molecule has 32 heteroatoms. The summed E-state index contributed by atoms with van der Waals surface area (Å²) in [6, 6.07) is 10.6. The zero-order chi connectivity index (χ0) is 72.4. The Labute approximate surface area is 630 Å². The van der Waals surface area contributed by atoms with Crippen LogP contribution in [0.3, 0.4) is 0 Å². The highest BCUT2D eigenvalue weighted by molar-refractivity contribution is 14.1. The maximum absolute atomic E-state index is 6.15. The average molecular weight is 1680 g/mol. The molecule has 0 radical (unpaired) electrons. The number of pyridine rings is 3. The van der Waals surface area contributed by atoms with Crippen LogP contribution in [0.2, 0.25) is 0 Å². The van der Waals surface area contributed by atoms with E-state index in [-0.39, 0.29) is 6.61 Å². The molecule has 3 aromatic rings. The predicted octanol–water partition coefficient (Wildman–Crippen LogP) is 4.30. The van der Waals surface area contributed by atoms with Crippen LogP contribution in [-0.2, 0) is 114 Å². The van der Waals surface area contributed by atoms with Crippen molar-refractivity contribution in [3.63, 3.8) is 0 Å². The average Bonchev–Trinajstić information content (AvgIpc) is 0.859. The Kier molecular flexibility index (Phi) is 66.3. The number of nitrogens with zero attached hydrogens (tertiary/aromatic N) is 3. The summed E-state index contributed by atoms with van der Waals surface area (Å²) < 4.78 is 151. The molecule has 0 saturated heterocycles. The van der Waals surface area contributed by atoms with E-state index in [1.807, 2.05) is 12.1 Å². The van der Waals surface area contributed by atoms with Crippen LogP contribution in [-0.4, -0.2) is 353 Å². The van der Waals surface area contributed by atoms with Crippen molar-refractivity contribution >= 4 is 45.2 Å². The molecule has 0 fully saturated rings. The van der Waals surface area contributed by atoms with E-state index >= 15 is 0 Å². The number of methoxy groups -OCH3 is 3. The zero-order valence-corrected chi connectivity index (χ0v) is 64.3. The van der Waals surface area contributed by atoms with E-state index in [9.17, 15) is 0 Å². The van der Waals surface area contributed by atoms with Gasteiger partial charge in [-0.25, -0.2) is 15.0 Å². The number of ether oxygens (including phenoxy) is 27. The Balaban J connectivity index is 1.38. The molecule has 0 spiro atoms. The number of rotatable bonds is 75. The summed E-state index contributed by atoms with van der Waals surface area (Å²) in [6.07, 6.45) is 0. The molecule has 0 atom stereocenters. The lowest BCUT2D eigenvalue weighted by Crippen LogP contribution is -2.15. The van der Waals surface area contributed by atoms with Gasteiger partial charge in [0.05, 0.1) is 297 Å². The van der Waals surface area contributed by atoms with Gasteiger partial charge in [0.2, 0.25) is 0 Å². The maximum atomic E-state index is 6.15. The lowest BCUT2D eigenvalue weighted by Gasteiger charge is -2.09. The second kappa shape index (κ2) is 73.0. The fourth-order valence-corrected chi connectivity index (χ4v) is 8.69. The van der Waals surface area contributed by atoms with E-state index in [2.05, 4.69) is 78.8 Å². The maximum Gasteiger partial charge on any atom is 0.125 e. The van der Waals surface area contributed by atoms with Gasteiger partial charge in [0.25, 0.3) is 0 Å². The van der Waals surface area contributed by atoms with Gasteiger partial charge in [-0.1, -0.05) is 0 Å². The minimum Gasteiger partial charge on any atom is -0.491 e. The van der Waals surface area contributed by atoms with Crippen LogP contribution in [0.15, 0.2) is 36.4 Å². The van der Waals surface area contributed by atoms with Crippen LogP contribution in [0.5, 0.6) is 17.2 Å². The van der Waals surface area contributed by atoms with E-state index in [1.165, 1.54) is 0 Å². The van der Waals surface area contributed by atoms with Crippen molar-refractivity contribution in [2.75, 3.05) is 338 Å². The van der Waals surface area contributed by atoms with Crippen LogP contribution >= 0.6 is 45.2 Å². The standard InChI is InChI=1S/C70H111I2N3O27/c1-76-8-11-79-14-17-82-20-23-85-26-29-88-32-35-91-38-41-94-44-47-97-50-53-100-66-56-62(4-6-64-58-67(60-69(71)74-64)101-54-51-98-48-45-95-42-39-92-36-33-89-30-27-86-24-21-83-18-15-80-12-9-77-2)73-63(57-66)5-7-65-59-68(61-70(72)75-65)102-55-52-99-49-46-96-43-40-93-37-34-90-31-28-87-25-22-84-19-16-81-13-10-78-3/h56-61H,8-55H2,1-3H3. The van der Waals surface area contributed by atoms with E-state index < -0.39 is 0 Å². The summed E-state index contributed by atoms with van der Waals surface area (Å²) in [4.78, 5) is 14.0. The van der Waals surface area contributed by atoms with Crippen molar-refractivity contribution in [2.24, 2.45) is 0 Å². The third kappa shape index (κ3) is 60.6. The first kappa shape index (κ1) is 92.7. The molecule has 30 nitrogen and oxygen atoms in total. The van der Waals surface area contributed by atoms with Crippen molar-refractivity contribution in [1.29, 1.82) is 0 Å². The van der Waals surface area contributed by atoms with Crippen molar-refractivity contribution in [3.8, 4) is 40.9 Å². The number of aromatic nitrogens is 3. The minimum absolute atomic E-state index is 0.244. The first-order valence-corrected chi connectivity index (χ1v) is 36.5. The molecule has 0 saturated carbocycles. The number of hydrogen-bond acceptors (Lipinski definition) is 30. The highest BCUT2D eigenvalue weighted by atomic mass is 127. The molecule has 102 heavy (non-hydrogen) atoms. The molecule has 582 valence electrons. The van der Waals surface area contributed by atoms with Gasteiger partial charge >= 0.3 is 0 Å². The molecule has 0 bridgehead atoms. The largest absolute Gasteiger partial charge is 0.491 e. The Morgan fingerprint density at radius 1 is 0.196 bits per heavy atom. The summed E-state index contributed by atoms with van der Waals surface area (Å²) in [6.45, 7) is 22.1. The summed E-state index contributed by atoms with van der Waals surface area (Å²) in [5.74, 6) is 14.2. The molecular formula is C70H111I2N3O27. The lowest BCUT2D eigenvalue weighted by atomic mass is 10.2. The predicted molar refractivity (Wildman–Crippen MR) is 389 cm³/mol. The molecule has 0 aliphatic heterocycles. The molecule has 0 unspecified atom stereocenters. The molecular weight excluding hydrogens is 1570 g/mol. The lowest BCUT2D eigenvalue weighted by molar-refractivity contribution is -0.0227. The second-order valence-corrected chi connectivity index (χ2v) is 22.7. The summed E-state index contributed by atoms with van der Waals surface area (Å²) in [5.41, 5.74) is 1.77. The van der Waals surface area contributed by atoms with Gasteiger partial charge in [-0.2, -0.15) is 0 Å².